The summed E-state index contributed by atoms with van der Waals surface area (Å²) >= 11 is 0. The van der Waals surface area contributed by atoms with Crippen molar-refractivity contribution in [3.05, 3.63) is 59.7 Å². The molecule has 0 aliphatic heterocycles. The molecule has 0 aliphatic rings. The number of amides is 1. The smallest absolute Gasteiger partial charge is 0.326 e. The molecule has 2 aromatic carbocycles. The Kier molecular flexibility index (Phi) is 9.48. The number of carboxylic acids is 2. The molecule has 3 N–H and O–H groups in total. The van der Waals surface area contributed by atoms with Crippen molar-refractivity contribution in [3.63, 3.8) is 0 Å². The molecule has 0 heterocycles. The molecular formula is C23H22N2O8. The summed E-state index contributed by atoms with van der Waals surface area (Å²) in [6.45, 7) is 0.187. The van der Waals surface area contributed by atoms with E-state index in [4.69, 9.17) is 14.9 Å². The van der Waals surface area contributed by atoms with Crippen LogP contribution in [-0.2, 0) is 19.2 Å². The summed E-state index contributed by atoms with van der Waals surface area (Å²) in [6.07, 6.45) is 1.19. The van der Waals surface area contributed by atoms with E-state index < -0.39 is 23.9 Å². The van der Waals surface area contributed by atoms with Crippen LogP contribution in [0.25, 0.3) is 0 Å². The number of rotatable bonds is 13. The van der Waals surface area contributed by atoms with E-state index in [0.717, 1.165) is 0 Å². The largest absolute Gasteiger partial charge is 0.494 e. The van der Waals surface area contributed by atoms with E-state index in [0.29, 0.717) is 29.0 Å². The third kappa shape index (κ3) is 8.39. The van der Waals surface area contributed by atoms with Gasteiger partial charge < -0.3 is 20.3 Å². The number of carbonyl (C=O) groups excluding carboxylic acids is 3. The number of ether oxygens (including phenoxy) is 1. The number of nitrogens with zero attached hydrogens (tertiary/aromatic N) is 1. The molecule has 172 valence electrons. The van der Waals surface area contributed by atoms with Crippen LogP contribution < -0.4 is 10.1 Å². The molecule has 0 bridgehead atoms. The van der Waals surface area contributed by atoms with Gasteiger partial charge in [-0.15, -0.1) is 0 Å². The van der Waals surface area contributed by atoms with E-state index in [9.17, 15) is 24.0 Å². The Bertz CT molecular complexity index is 1040. The highest BCUT2D eigenvalue weighted by molar-refractivity contribution is 6.09. The topological polar surface area (TPSA) is 159 Å². The first kappa shape index (κ1) is 25.0. The Hall–Kier alpha value is -4.30. The van der Waals surface area contributed by atoms with Crippen LogP contribution in [-0.4, -0.2) is 52.6 Å². The fourth-order valence-electron chi connectivity index (χ4n) is 2.82. The SMILES string of the molecule is O=C=Nc1ccc(C(=O)c2ccc(OCCCC(=O)NC(CCC(=O)O)C(=O)O)cc2)cc1. The number of hydrogen-bond acceptors (Lipinski definition) is 7. The molecule has 0 spiro atoms. The van der Waals surface area contributed by atoms with Crippen molar-refractivity contribution in [3.8, 4) is 5.75 Å². The van der Waals surface area contributed by atoms with Gasteiger partial charge in [-0.1, -0.05) is 0 Å². The van der Waals surface area contributed by atoms with Crippen LogP contribution >= 0.6 is 0 Å². The van der Waals surface area contributed by atoms with Crippen molar-refractivity contribution in [1.82, 2.24) is 5.32 Å². The number of aliphatic imine (C=N–C) groups is 1. The number of aliphatic carboxylic acids is 2. The lowest BCUT2D eigenvalue weighted by Crippen LogP contribution is -2.41. The molecule has 0 aromatic heterocycles. The highest BCUT2D eigenvalue weighted by Gasteiger charge is 2.20. The zero-order valence-electron chi connectivity index (χ0n) is 17.5. The fourth-order valence-corrected chi connectivity index (χ4v) is 2.82. The summed E-state index contributed by atoms with van der Waals surface area (Å²) in [4.78, 5) is 59.8. The first-order valence-electron chi connectivity index (χ1n) is 9.99. The van der Waals surface area contributed by atoms with Gasteiger partial charge in [0.1, 0.15) is 11.8 Å². The minimum atomic E-state index is -1.29. The normalized spacial score (nSPS) is 11.0. The molecule has 0 saturated carbocycles. The maximum absolute atomic E-state index is 12.5. The Morgan fingerprint density at radius 1 is 0.939 bits per heavy atom. The minimum absolute atomic E-state index is 0.0115. The molecule has 33 heavy (non-hydrogen) atoms. The van der Waals surface area contributed by atoms with Crippen LogP contribution in [0.3, 0.4) is 0 Å². The summed E-state index contributed by atoms with van der Waals surface area (Å²) < 4.78 is 5.54. The monoisotopic (exact) mass is 454 g/mol. The second-order valence-corrected chi connectivity index (χ2v) is 6.95. The van der Waals surface area contributed by atoms with Gasteiger partial charge in [-0.3, -0.25) is 14.4 Å². The van der Waals surface area contributed by atoms with E-state index in [2.05, 4.69) is 10.3 Å². The van der Waals surface area contributed by atoms with E-state index in [-0.39, 0.29) is 31.7 Å². The number of carbonyl (C=O) groups is 4. The van der Waals surface area contributed by atoms with Crippen LogP contribution in [0.5, 0.6) is 5.75 Å². The second-order valence-electron chi connectivity index (χ2n) is 6.95. The highest BCUT2D eigenvalue weighted by Crippen LogP contribution is 2.18. The van der Waals surface area contributed by atoms with E-state index >= 15 is 0 Å². The predicted octanol–water partition coefficient (Wildman–Crippen LogP) is 2.48. The molecule has 0 radical (unpaired) electrons. The molecule has 0 aliphatic carbocycles. The van der Waals surface area contributed by atoms with Crippen LogP contribution in [0.4, 0.5) is 5.69 Å². The molecule has 1 unspecified atom stereocenters. The van der Waals surface area contributed by atoms with Gasteiger partial charge in [0.25, 0.3) is 0 Å². The third-order valence-electron chi connectivity index (χ3n) is 4.52. The lowest BCUT2D eigenvalue weighted by molar-refractivity contribution is -0.143. The Labute approximate surface area is 188 Å². The lowest BCUT2D eigenvalue weighted by Gasteiger charge is -2.13. The molecule has 2 aromatic rings. The number of hydrogen-bond donors (Lipinski definition) is 3. The number of benzene rings is 2. The van der Waals surface area contributed by atoms with Crippen molar-refractivity contribution >= 4 is 35.4 Å². The first-order valence-corrected chi connectivity index (χ1v) is 9.99. The Morgan fingerprint density at radius 2 is 1.55 bits per heavy atom. The maximum Gasteiger partial charge on any atom is 0.326 e. The van der Waals surface area contributed by atoms with Gasteiger partial charge >= 0.3 is 11.9 Å². The maximum atomic E-state index is 12.5. The zero-order valence-corrected chi connectivity index (χ0v) is 17.5. The molecule has 10 nitrogen and oxygen atoms in total. The standard InChI is InChI=1S/C23H22N2O8/c26-14-24-17-7-3-15(4-8-17)22(30)16-5-9-18(10-6-16)33-13-1-2-20(27)25-19(23(31)32)11-12-21(28)29/h3-10,19H,1-2,11-13H2,(H,25,27)(H,28,29)(H,31,32). The van der Waals surface area contributed by atoms with Crippen LogP contribution in [0.1, 0.15) is 41.6 Å². The minimum Gasteiger partial charge on any atom is -0.494 e. The predicted molar refractivity (Wildman–Crippen MR) is 115 cm³/mol. The highest BCUT2D eigenvalue weighted by atomic mass is 16.5. The summed E-state index contributed by atoms with van der Waals surface area (Å²) in [5.41, 5.74) is 1.27. The number of nitrogens with one attached hydrogen (secondary N) is 1. The summed E-state index contributed by atoms with van der Waals surface area (Å²) in [7, 11) is 0. The van der Waals surface area contributed by atoms with Crippen molar-refractivity contribution in [2.45, 2.75) is 31.7 Å². The Balaban J connectivity index is 1.79. The molecule has 1 amide bonds. The molecule has 2 rings (SSSR count). The molecule has 0 saturated heterocycles. The number of isocyanates is 1. The molecule has 0 fully saturated rings. The van der Waals surface area contributed by atoms with Crippen molar-refractivity contribution in [1.29, 1.82) is 0 Å². The van der Waals surface area contributed by atoms with Crippen molar-refractivity contribution in [2.24, 2.45) is 4.99 Å². The van der Waals surface area contributed by atoms with E-state index in [1.54, 1.807) is 36.4 Å². The van der Waals surface area contributed by atoms with Crippen LogP contribution in [0.2, 0.25) is 0 Å². The van der Waals surface area contributed by atoms with Crippen LogP contribution in [0, 0.1) is 0 Å². The fraction of sp³-hybridized carbons (Fsp3) is 0.261. The average molecular weight is 454 g/mol. The average Bonchev–Trinajstić information content (AvgIpc) is 2.80. The quantitative estimate of drug-likeness (QED) is 0.180. The van der Waals surface area contributed by atoms with Gasteiger partial charge in [0.05, 0.1) is 12.3 Å². The number of carboxylic acid groups (broad SMARTS) is 2. The Morgan fingerprint density at radius 3 is 2.09 bits per heavy atom. The summed E-state index contributed by atoms with van der Waals surface area (Å²) in [5.74, 6) is -2.66. The third-order valence-corrected chi connectivity index (χ3v) is 4.52. The zero-order chi connectivity index (χ0) is 24.2. The van der Waals surface area contributed by atoms with Crippen molar-refractivity contribution < 1.29 is 38.9 Å². The van der Waals surface area contributed by atoms with E-state index in [1.165, 1.54) is 18.2 Å². The summed E-state index contributed by atoms with van der Waals surface area (Å²) in [6, 6.07) is 11.4. The van der Waals surface area contributed by atoms with Gasteiger partial charge in [-0.05, 0) is 61.4 Å². The summed E-state index contributed by atoms with van der Waals surface area (Å²) in [5, 5.41) is 20.0. The second kappa shape index (κ2) is 12.5. The van der Waals surface area contributed by atoms with Crippen molar-refractivity contribution in [2.75, 3.05) is 6.61 Å². The van der Waals surface area contributed by atoms with Gasteiger partial charge in [0.2, 0.25) is 12.0 Å². The molecule has 10 heteroatoms. The number of ketones is 1. The van der Waals surface area contributed by atoms with Crippen LogP contribution in [0.15, 0.2) is 53.5 Å². The molecule has 1 atom stereocenters. The van der Waals surface area contributed by atoms with Gasteiger partial charge in [-0.25, -0.2) is 9.59 Å². The van der Waals surface area contributed by atoms with Gasteiger partial charge in [-0.2, -0.15) is 4.99 Å². The molecular weight excluding hydrogens is 432 g/mol. The van der Waals surface area contributed by atoms with Gasteiger partial charge in [0.15, 0.2) is 5.78 Å². The lowest BCUT2D eigenvalue weighted by atomic mass is 10.0. The van der Waals surface area contributed by atoms with E-state index in [1.807, 2.05) is 0 Å². The van der Waals surface area contributed by atoms with Gasteiger partial charge in [0, 0.05) is 24.0 Å². The first-order chi connectivity index (χ1) is 15.8.